The molecule has 4 aliphatic heterocycles. The van der Waals surface area contributed by atoms with Crippen molar-refractivity contribution >= 4 is 47.2 Å². The number of benzene rings is 2. The molecule has 0 saturated carbocycles. The summed E-state index contributed by atoms with van der Waals surface area (Å²) in [5.41, 5.74) is 1.26. The van der Waals surface area contributed by atoms with Crippen LogP contribution in [0.2, 0.25) is 0 Å². The van der Waals surface area contributed by atoms with Crippen molar-refractivity contribution in [2.45, 2.75) is 95.4 Å². The van der Waals surface area contributed by atoms with Gasteiger partial charge in [-0.15, -0.1) is 0 Å². The van der Waals surface area contributed by atoms with Gasteiger partial charge in [-0.2, -0.15) is 0 Å². The molecule has 0 radical (unpaired) electrons. The van der Waals surface area contributed by atoms with E-state index in [2.05, 4.69) is 21.3 Å². The molecule has 0 unspecified atom stereocenters. The second-order valence-electron chi connectivity index (χ2n) is 15.7. The lowest BCUT2D eigenvalue weighted by atomic mass is 10.0. The molecule has 4 fully saturated rings. The van der Waals surface area contributed by atoms with Crippen molar-refractivity contribution in [2.75, 3.05) is 38.2 Å². The average molecular weight is 826 g/mol. The van der Waals surface area contributed by atoms with Crippen LogP contribution in [-0.4, -0.2) is 143 Å². The summed E-state index contributed by atoms with van der Waals surface area (Å²) in [6.07, 6.45) is -3.19. The number of rotatable bonds is 6. The van der Waals surface area contributed by atoms with Gasteiger partial charge in [0.05, 0.1) is 19.3 Å². The number of nitrogens with zero attached hydrogens (tertiary/aromatic N) is 3. The van der Waals surface area contributed by atoms with Gasteiger partial charge in [0.15, 0.2) is 0 Å². The van der Waals surface area contributed by atoms with Gasteiger partial charge in [0.25, 0.3) is 0 Å². The Morgan fingerprint density at radius 2 is 1.56 bits per heavy atom. The van der Waals surface area contributed by atoms with Crippen LogP contribution in [0, 0.1) is 24.5 Å². The number of halogens is 2. The molecule has 4 saturated heterocycles. The van der Waals surface area contributed by atoms with E-state index in [1.807, 2.05) is 13.8 Å². The van der Waals surface area contributed by atoms with Gasteiger partial charge in [-0.25, -0.2) is 18.4 Å². The van der Waals surface area contributed by atoms with Crippen molar-refractivity contribution in [2.24, 2.45) is 5.92 Å². The van der Waals surface area contributed by atoms with Crippen LogP contribution >= 0.6 is 0 Å². The maximum Gasteiger partial charge on any atom is 0.329 e. The summed E-state index contributed by atoms with van der Waals surface area (Å²) in [5, 5.41) is 21.1. The summed E-state index contributed by atoms with van der Waals surface area (Å²) in [5.74, 6) is -6.92. The highest BCUT2D eigenvalue weighted by Crippen LogP contribution is 2.28. The highest BCUT2D eigenvalue weighted by atomic mass is 19.1. The quantitative estimate of drug-likeness (QED) is 0.252. The Balaban J connectivity index is 1.35. The summed E-state index contributed by atoms with van der Waals surface area (Å²) in [4.78, 5) is 101. The van der Waals surface area contributed by atoms with Crippen LogP contribution in [0.25, 0.3) is 0 Å². The van der Waals surface area contributed by atoms with E-state index in [9.17, 15) is 47.4 Å². The number of aliphatic hydroxyl groups is 1. The normalized spacial score (nSPS) is 28.5. The van der Waals surface area contributed by atoms with Crippen LogP contribution in [0.5, 0.6) is 0 Å². The van der Waals surface area contributed by atoms with Crippen molar-refractivity contribution in [1.82, 2.24) is 30.7 Å². The summed E-state index contributed by atoms with van der Waals surface area (Å²) < 4.78 is 40.0. The molecule has 59 heavy (non-hydrogen) atoms. The predicted octanol–water partition coefficient (Wildman–Crippen LogP) is 0.367. The molecule has 0 aromatic heterocycles. The molecule has 7 amide bonds. The fraction of sp³-hybridized carbons (Fsp3) is 0.525. The zero-order chi connectivity index (χ0) is 42.7. The summed E-state index contributed by atoms with van der Waals surface area (Å²) >= 11 is 0. The third-order valence-corrected chi connectivity index (χ3v) is 11.0. The number of hydrogen-bond donors (Lipinski definition) is 5. The van der Waals surface area contributed by atoms with E-state index in [-0.39, 0.29) is 57.2 Å². The van der Waals surface area contributed by atoms with Crippen molar-refractivity contribution in [3.63, 3.8) is 0 Å². The first kappa shape index (κ1) is 42.9. The van der Waals surface area contributed by atoms with Gasteiger partial charge in [-0.1, -0.05) is 24.6 Å². The van der Waals surface area contributed by atoms with E-state index >= 15 is 0 Å². The van der Waals surface area contributed by atoms with Gasteiger partial charge in [-0.3, -0.25) is 24.0 Å². The lowest BCUT2D eigenvalue weighted by Gasteiger charge is -2.39. The van der Waals surface area contributed by atoms with Crippen molar-refractivity contribution in [3.05, 3.63) is 65.2 Å². The number of esters is 1. The maximum atomic E-state index is 14.7. The molecule has 0 bridgehead atoms. The maximum absolute atomic E-state index is 14.7. The van der Waals surface area contributed by atoms with E-state index < -0.39 is 108 Å². The lowest BCUT2D eigenvalue weighted by molar-refractivity contribution is -0.164. The summed E-state index contributed by atoms with van der Waals surface area (Å²) in [6.45, 7) is 6.03. The monoisotopic (exact) mass is 825 g/mol. The first-order valence-electron chi connectivity index (χ1n) is 19.6. The zero-order valence-electron chi connectivity index (χ0n) is 33.1. The van der Waals surface area contributed by atoms with E-state index in [4.69, 9.17) is 9.47 Å². The topological polar surface area (TPSA) is 216 Å². The smallest absolute Gasteiger partial charge is 0.329 e. The second kappa shape index (κ2) is 18.1. The Morgan fingerprint density at radius 3 is 2.25 bits per heavy atom. The van der Waals surface area contributed by atoms with Crippen LogP contribution in [-0.2, 0) is 44.7 Å². The number of anilines is 1. The third-order valence-electron chi connectivity index (χ3n) is 11.0. The number of carbonyl (C=O) groups is 7. The SMILES string of the molecule is Cc1ccc(NC(=O)N[C@@H](Cc2cc(F)cc(F)c2)C(=O)N[C@@H]2C(=O)N3C[C@H](O)C[C@H]3C(=O)N3CCOC[C@H]3C(=O)N[C@@H](C)C(=O)N3C[C@H](C)C[C@H]3C(=O)O[C@H]2C)cc1. The second-order valence-corrected chi connectivity index (χ2v) is 15.7. The van der Waals surface area contributed by atoms with Crippen LogP contribution in [0.4, 0.5) is 19.3 Å². The van der Waals surface area contributed by atoms with E-state index in [1.165, 1.54) is 23.6 Å². The van der Waals surface area contributed by atoms with E-state index in [0.29, 0.717) is 11.8 Å². The van der Waals surface area contributed by atoms with Gasteiger partial charge in [0.1, 0.15) is 54.0 Å². The Bertz CT molecular complexity index is 1950. The number of morpholine rings is 1. The molecular weight excluding hydrogens is 776 g/mol. The number of hydrogen-bond acceptors (Lipinski definition) is 10. The number of nitrogens with one attached hydrogen (secondary N) is 4. The minimum Gasteiger partial charge on any atom is -0.458 e. The molecule has 4 aliphatic rings. The van der Waals surface area contributed by atoms with Crippen LogP contribution in [0.15, 0.2) is 42.5 Å². The first-order valence-corrected chi connectivity index (χ1v) is 19.6. The lowest BCUT2D eigenvalue weighted by Crippen LogP contribution is -2.64. The van der Waals surface area contributed by atoms with E-state index in [1.54, 1.807) is 24.3 Å². The highest BCUT2D eigenvalue weighted by molar-refractivity contribution is 5.99. The van der Waals surface area contributed by atoms with E-state index in [0.717, 1.165) is 22.6 Å². The number of amides is 7. The van der Waals surface area contributed by atoms with Crippen molar-refractivity contribution in [1.29, 1.82) is 0 Å². The Hall–Kier alpha value is -5.69. The van der Waals surface area contributed by atoms with Crippen molar-refractivity contribution in [3.8, 4) is 0 Å². The number of ether oxygens (including phenoxy) is 2. The average Bonchev–Trinajstić information content (AvgIpc) is 3.78. The first-order chi connectivity index (χ1) is 28.0. The number of fused-ring (bicyclic) bond motifs is 3. The molecule has 9 atom stereocenters. The molecule has 5 N–H and O–H groups in total. The number of urea groups is 1. The molecule has 0 aliphatic carbocycles. The minimum absolute atomic E-state index is 0.0196. The molecule has 6 rings (SSSR count). The summed E-state index contributed by atoms with van der Waals surface area (Å²) in [7, 11) is 0. The summed E-state index contributed by atoms with van der Waals surface area (Å²) in [6, 6.07) is 0.293. The number of cyclic esters (lactones) is 1. The Morgan fingerprint density at radius 1 is 0.881 bits per heavy atom. The minimum atomic E-state index is -1.76. The molecular formula is C40H49F2N7O10. The zero-order valence-corrected chi connectivity index (χ0v) is 33.1. The van der Waals surface area contributed by atoms with Gasteiger partial charge in [0.2, 0.25) is 29.5 Å². The molecule has 19 heteroatoms. The largest absolute Gasteiger partial charge is 0.458 e. The number of aryl methyl sites for hydroxylation is 1. The van der Waals surface area contributed by atoms with Crippen LogP contribution < -0.4 is 21.3 Å². The molecule has 318 valence electrons. The van der Waals surface area contributed by atoms with Crippen LogP contribution in [0.3, 0.4) is 0 Å². The molecule has 17 nitrogen and oxygen atoms in total. The fourth-order valence-electron chi connectivity index (χ4n) is 7.98. The standard InChI is InChI=1S/C40H49F2N7O10/c1-20-5-7-27(8-6-20)44-40(57)45-29(14-24-12-25(41)15-26(42)13-24)34(51)46-33-23(4)59-39(56)31-11-21(2)17-48(31)36(53)22(3)43-35(52)32-19-58-10-9-47(32)37(54)30-16-28(50)18-49(30)38(33)55/h5-8,12-13,15,21-23,28-33,50H,9-11,14,16-19H2,1-4H3,(H,43,52)(H,46,51)(H2,44,45,57)/t21-,22+,23+,28-,29+,30+,31+,32+,33+/m1/s1. The van der Waals surface area contributed by atoms with Gasteiger partial charge >= 0.3 is 12.0 Å². The van der Waals surface area contributed by atoms with Crippen molar-refractivity contribution < 1.29 is 56.9 Å². The molecule has 2 aromatic rings. The molecule has 0 spiro atoms. The van der Waals surface area contributed by atoms with Gasteiger partial charge in [0, 0.05) is 44.2 Å². The Labute approximate surface area is 339 Å². The fourth-order valence-corrected chi connectivity index (χ4v) is 7.98. The predicted molar refractivity (Wildman–Crippen MR) is 204 cm³/mol. The van der Waals surface area contributed by atoms with Crippen LogP contribution in [0.1, 0.15) is 44.7 Å². The Kier molecular flexibility index (Phi) is 13.1. The molecule has 2 aromatic carbocycles. The van der Waals surface area contributed by atoms with Gasteiger partial charge in [-0.05, 0) is 62.9 Å². The number of aliphatic hydroxyl groups excluding tert-OH is 1. The number of carbonyl (C=O) groups excluding carboxylic acids is 7. The highest BCUT2D eigenvalue weighted by Gasteiger charge is 2.49. The molecule has 4 heterocycles. The third kappa shape index (κ3) is 9.96. The van der Waals surface area contributed by atoms with Gasteiger partial charge < -0.3 is 50.5 Å².